The summed E-state index contributed by atoms with van der Waals surface area (Å²) in [5, 5.41) is 13.4. The summed E-state index contributed by atoms with van der Waals surface area (Å²) in [6, 6.07) is 11.3. The molecule has 5 rings (SSSR count). The molecule has 0 unspecified atom stereocenters. The molecule has 2 aliphatic heterocycles. The molecule has 29 heavy (non-hydrogen) atoms. The van der Waals surface area contributed by atoms with Gasteiger partial charge in [-0.05, 0) is 53.1 Å². The molecule has 2 amide bonds. The minimum Gasteiger partial charge on any atom is -0.508 e. The molecule has 3 aliphatic rings. The number of aromatic hydroxyl groups is 1. The number of fused-ring (bicyclic) bond motifs is 5. The van der Waals surface area contributed by atoms with Gasteiger partial charge in [-0.1, -0.05) is 39.0 Å². The fourth-order valence-electron chi connectivity index (χ4n) is 5.68. The van der Waals surface area contributed by atoms with E-state index in [9.17, 15) is 14.7 Å². The lowest BCUT2D eigenvalue weighted by atomic mass is 9.51. The Hall–Kier alpha value is -2.82. The second-order valence-corrected chi connectivity index (χ2v) is 9.42. The SMILES string of the molecule is CC1(C)[C@H]2Cc3c(O)cccc3[C@]1(C)CCN2C(=O)c1ccc2c(c1)NC(=O)C2. The predicted octanol–water partition coefficient (Wildman–Crippen LogP) is 3.64. The molecular formula is C24H26N2O3. The molecule has 1 aliphatic carbocycles. The van der Waals surface area contributed by atoms with Gasteiger partial charge >= 0.3 is 0 Å². The van der Waals surface area contributed by atoms with Gasteiger partial charge in [0.15, 0.2) is 0 Å². The van der Waals surface area contributed by atoms with E-state index in [2.05, 4.69) is 32.2 Å². The molecule has 5 nitrogen and oxygen atoms in total. The molecule has 1 fully saturated rings. The van der Waals surface area contributed by atoms with Gasteiger partial charge in [0.1, 0.15) is 5.75 Å². The summed E-state index contributed by atoms with van der Waals surface area (Å²) >= 11 is 0. The van der Waals surface area contributed by atoms with Gasteiger partial charge < -0.3 is 15.3 Å². The Morgan fingerprint density at radius 2 is 2.00 bits per heavy atom. The van der Waals surface area contributed by atoms with Crippen molar-refractivity contribution in [2.45, 2.75) is 51.5 Å². The number of carbonyl (C=O) groups is 2. The summed E-state index contributed by atoms with van der Waals surface area (Å²) in [7, 11) is 0. The smallest absolute Gasteiger partial charge is 0.254 e. The second kappa shape index (κ2) is 5.85. The summed E-state index contributed by atoms with van der Waals surface area (Å²) in [5.41, 5.74) is 4.24. The Labute approximate surface area is 170 Å². The van der Waals surface area contributed by atoms with Crippen LogP contribution in [0.1, 0.15) is 54.2 Å². The van der Waals surface area contributed by atoms with Gasteiger partial charge in [-0.25, -0.2) is 0 Å². The van der Waals surface area contributed by atoms with Crippen molar-refractivity contribution in [2.24, 2.45) is 5.41 Å². The highest BCUT2D eigenvalue weighted by molar-refractivity contribution is 6.02. The minimum absolute atomic E-state index is 0.00241. The van der Waals surface area contributed by atoms with Crippen LogP contribution in [0.4, 0.5) is 5.69 Å². The van der Waals surface area contributed by atoms with E-state index in [1.54, 1.807) is 12.1 Å². The van der Waals surface area contributed by atoms with E-state index < -0.39 is 0 Å². The molecule has 2 atom stereocenters. The number of piperidine rings is 1. The second-order valence-electron chi connectivity index (χ2n) is 9.42. The van der Waals surface area contributed by atoms with E-state index >= 15 is 0 Å². The van der Waals surface area contributed by atoms with Gasteiger partial charge in [-0.3, -0.25) is 9.59 Å². The first-order valence-electron chi connectivity index (χ1n) is 10.3. The first-order chi connectivity index (χ1) is 13.7. The van der Waals surface area contributed by atoms with Crippen LogP contribution < -0.4 is 5.32 Å². The Kier molecular flexibility index (Phi) is 3.67. The van der Waals surface area contributed by atoms with Crippen LogP contribution >= 0.6 is 0 Å². The molecule has 2 aromatic rings. The van der Waals surface area contributed by atoms with Crippen LogP contribution in [0.25, 0.3) is 0 Å². The van der Waals surface area contributed by atoms with Crippen molar-refractivity contribution in [2.75, 3.05) is 11.9 Å². The lowest BCUT2D eigenvalue weighted by Gasteiger charge is -2.60. The Morgan fingerprint density at radius 3 is 2.79 bits per heavy atom. The number of carbonyl (C=O) groups excluding carboxylic acids is 2. The zero-order chi connectivity index (χ0) is 20.6. The fraction of sp³-hybridized carbons (Fsp3) is 0.417. The Morgan fingerprint density at radius 1 is 1.21 bits per heavy atom. The van der Waals surface area contributed by atoms with Crippen LogP contribution in [-0.2, 0) is 23.1 Å². The van der Waals surface area contributed by atoms with Crippen LogP contribution in [-0.4, -0.2) is 34.4 Å². The number of benzene rings is 2. The number of hydrogen-bond acceptors (Lipinski definition) is 3. The van der Waals surface area contributed by atoms with E-state index in [0.29, 0.717) is 30.7 Å². The van der Waals surface area contributed by atoms with Crippen molar-refractivity contribution >= 4 is 17.5 Å². The fourth-order valence-corrected chi connectivity index (χ4v) is 5.68. The van der Waals surface area contributed by atoms with Crippen LogP contribution in [0.15, 0.2) is 36.4 Å². The molecule has 0 saturated carbocycles. The normalized spacial score (nSPS) is 26.5. The highest BCUT2D eigenvalue weighted by atomic mass is 16.3. The predicted molar refractivity (Wildman–Crippen MR) is 111 cm³/mol. The number of phenolic OH excluding ortho intramolecular Hbond substituents is 1. The highest BCUT2D eigenvalue weighted by Crippen LogP contribution is 2.57. The quantitative estimate of drug-likeness (QED) is 0.781. The van der Waals surface area contributed by atoms with Crippen molar-refractivity contribution < 1.29 is 14.7 Å². The molecule has 2 heterocycles. The average Bonchev–Trinajstić information content (AvgIpc) is 3.04. The molecule has 5 heteroatoms. The molecular weight excluding hydrogens is 364 g/mol. The lowest BCUT2D eigenvalue weighted by Crippen LogP contribution is -2.64. The van der Waals surface area contributed by atoms with Gasteiger partial charge in [-0.2, -0.15) is 0 Å². The summed E-state index contributed by atoms with van der Waals surface area (Å²) in [6.45, 7) is 7.44. The van der Waals surface area contributed by atoms with Crippen LogP contribution in [0.3, 0.4) is 0 Å². The third kappa shape index (κ3) is 2.39. The van der Waals surface area contributed by atoms with Gasteiger partial charge in [0.05, 0.1) is 6.42 Å². The average molecular weight is 390 g/mol. The van der Waals surface area contributed by atoms with Crippen molar-refractivity contribution in [1.29, 1.82) is 0 Å². The van der Waals surface area contributed by atoms with E-state index in [-0.39, 0.29) is 28.7 Å². The number of nitrogens with zero attached hydrogens (tertiary/aromatic N) is 1. The molecule has 2 bridgehead atoms. The molecule has 2 aromatic carbocycles. The summed E-state index contributed by atoms with van der Waals surface area (Å²) in [5.74, 6) is 0.288. The van der Waals surface area contributed by atoms with E-state index in [1.165, 1.54) is 5.56 Å². The Balaban J connectivity index is 1.54. The minimum atomic E-state index is -0.132. The van der Waals surface area contributed by atoms with Crippen molar-refractivity contribution in [3.05, 3.63) is 58.7 Å². The molecule has 150 valence electrons. The van der Waals surface area contributed by atoms with Gasteiger partial charge in [-0.15, -0.1) is 0 Å². The zero-order valence-electron chi connectivity index (χ0n) is 17.1. The number of amides is 2. The first kappa shape index (κ1) is 18.2. The number of nitrogens with one attached hydrogen (secondary N) is 1. The van der Waals surface area contributed by atoms with E-state index in [4.69, 9.17) is 0 Å². The number of likely N-dealkylation sites (tertiary alicyclic amines) is 1. The van der Waals surface area contributed by atoms with Gasteiger partial charge in [0.2, 0.25) is 5.91 Å². The third-order valence-electron chi connectivity index (χ3n) is 7.87. The van der Waals surface area contributed by atoms with Gasteiger partial charge in [0, 0.05) is 29.3 Å². The summed E-state index contributed by atoms with van der Waals surface area (Å²) in [4.78, 5) is 27.2. The van der Waals surface area contributed by atoms with E-state index in [0.717, 1.165) is 23.2 Å². The maximum absolute atomic E-state index is 13.5. The van der Waals surface area contributed by atoms with Crippen LogP contribution in [0.2, 0.25) is 0 Å². The highest BCUT2D eigenvalue weighted by Gasteiger charge is 2.57. The monoisotopic (exact) mass is 390 g/mol. The summed E-state index contributed by atoms with van der Waals surface area (Å²) in [6.07, 6.45) is 1.87. The maximum atomic E-state index is 13.5. The number of anilines is 1. The summed E-state index contributed by atoms with van der Waals surface area (Å²) < 4.78 is 0. The Bertz CT molecular complexity index is 1060. The van der Waals surface area contributed by atoms with Crippen molar-refractivity contribution in [3.8, 4) is 5.75 Å². The maximum Gasteiger partial charge on any atom is 0.254 e. The largest absolute Gasteiger partial charge is 0.508 e. The number of phenols is 1. The molecule has 2 N–H and O–H groups in total. The van der Waals surface area contributed by atoms with Crippen LogP contribution in [0.5, 0.6) is 5.75 Å². The molecule has 1 saturated heterocycles. The number of rotatable bonds is 1. The zero-order valence-corrected chi connectivity index (χ0v) is 17.1. The van der Waals surface area contributed by atoms with E-state index in [1.807, 2.05) is 23.1 Å². The van der Waals surface area contributed by atoms with Crippen molar-refractivity contribution in [1.82, 2.24) is 4.90 Å². The first-order valence-corrected chi connectivity index (χ1v) is 10.3. The standard InChI is InChI=1S/C24H26N2O3/c1-23(2)20-13-16-17(5-4-6-19(16)27)24(23,3)9-10-26(20)22(29)15-8-7-14-12-21(28)25-18(14)11-15/h4-8,11,20,27H,9-10,12-13H2,1-3H3,(H,25,28)/t20-,24+/m1/s1. The topological polar surface area (TPSA) is 69.6 Å². The van der Waals surface area contributed by atoms with Crippen LogP contribution in [0, 0.1) is 5.41 Å². The molecule has 0 radical (unpaired) electrons. The van der Waals surface area contributed by atoms with Gasteiger partial charge in [0.25, 0.3) is 5.91 Å². The lowest BCUT2D eigenvalue weighted by molar-refractivity contribution is -0.115. The molecule has 0 aromatic heterocycles. The number of hydrogen-bond donors (Lipinski definition) is 2. The third-order valence-corrected chi connectivity index (χ3v) is 7.87. The van der Waals surface area contributed by atoms with Crippen molar-refractivity contribution in [3.63, 3.8) is 0 Å². The molecule has 0 spiro atoms.